The van der Waals surface area contributed by atoms with Crippen LogP contribution < -0.4 is 10.6 Å². The lowest BCUT2D eigenvalue weighted by Gasteiger charge is -2.32. The van der Waals surface area contributed by atoms with Crippen molar-refractivity contribution < 1.29 is 19.3 Å². The molecule has 2 aliphatic rings. The van der Waals surface area contributed by atoms with E-state index in [4.69, 9.17) is 10.5 Å². The van der Waals surface area contributed by atoms with Gasteiger partial charge in [0.2, 0.25) is 5.95 Å². The number of nitrogens with two attached hydrogens (primary N) is 1. The highest BCUT2D eigenvalue weighted by Gasteiger charge is 2.54. The summed E-state index contributed by atoms with van der Waals surface area (Å²) in [5.74, 6) is 0.690. The molecule has 4 rings (SSSR count). The van der Waals surface area contributed by atoms with Gasteiger partial charge in [-0.25, -0.2) is 9.37 Å². The summed E-state index contributed by atoms with van der Waals surface area (Å²) in [6.45, 7) is 2.51. The van der Waals surface area contributed by atoms with Gasteiger partial charge in [0, 0.05) is 13.1 Å². The highest BCUT2D eigenvalue weighted by Crippen LogP contribution is 2.41. The summed E-state index contributed by atoms with van der Waals surface area (Å²) in [6.07, 6.45) is -1.44. The minimum absolute atomic E-state index is 0.0688. The number of fused-ring (bicyclic) bond motifs is 1. The van der Waals surface area contributed by atoms with Gasteiger partial charge in [0.1, 0.15) is 11.7 Å². The molecule has 130 valence electrons. The number of imidazole rings is 1. The second-order valence-electron chi connectivity index (χ2n) is 6.41. The maximum Gasteiger partial charge on any atom is 0.224 e. The number of nitrogens with zero attached hydrogens (tertiary/aromatic N) is 5. The molecule has 2 saturated heterocycles. The van der Waals surface area contributed by atoms with E-state index in [2.05, 4.69) is 15.0 Å². The summed E-state index contributed by atoms with van der Waals surface area (Å²) in [7, 11) is 0. The topological polar surface area (TPSA) is 123 Å². The Morgan fingerprint density at radius 1 is 1.46 bits per heavy atom. The first-order chi connectivity index (χ1) is 11.4. The SMILES string of the molecule is CC1(O)C(F)C(CO)OC1n1cnc2c(N3CCC3)nc(N)nc21. The van der Waals surface area contributed by atoms with Gasteiger partial charge in [-0.1, -0.05) is 0 Å². The molecule has 2 fully saturated rings. The van der Waals surface area contributed by atoms with Crippen LogP contribution >= 0.6 is 0 Å². The summed E-state index contributed by atoms with van der Waals surface area (Å²) in [4.78, 5) is 14.8. The van der Waals surface area contributed by atoms with Crippen molar-refractivity contribution in [1.82, 2.24) is 19.5 Å². The Kier molecular flexibility index (Phi) is 3.37. The Morgan fingerprint density at radius 2 is 2.21 bits per heavy atom. The number of anilines is 2. The van der Waals surface area contributed by atoms with Gasteiger partial charge in [0.15, 0.2) is 29.4 Å². The van der Waals surface area contributed by atoms with Gasteiger partial charge in [-0.15, -0.1) is 0 Å². The summed E-state index contributed by atoms with van der Waals surface area (Å²) < 4.78 is 21.3. The zero-order valence-electron chi connectivity index (χ0n) is 13.1. The molecule has 2 aromatic heterocycles. The van der Waals surface area contributed by atoms with Crippen molar-refractivity contribution in [3.63, 3.8) is 0 Å². The third kappa shape index (κ3) is 2.06. The largest absolute Gasteiger partial charge is 0.394 e. The Balaban J connectivity index is 1.82. The first-order valence-electron chi connectivity index (χ1n) is 7.81. The zero-order valence-corrected chi connectivity index (χ0v) is 13.1. The number of hydrogen-bond donors (Lipinski definition) is 3. The molecule has 4 heterocycles. The third-order valence-corrected chi connectivity index (χ3v) is 4.70. The van der Waals surface area contributed by atoms with E-state index in [1.165, 1.54) is 17.8 Å². The first kappa shape index (κ1) is 15.5. The molecule has 0 radical (unpaired) electrons. The van der Waals surface area contributed by atoms with Gasteiger partial charge in [-0.05, 0) is 13.3 Å². The zero-order chi connectivity index (χ0) is 17.1. The molecule has 2 aliphatic heterocycles. The second-order valence-corrected chi connectivity index (χ2v) is 6.41. The van der Waals surface area contributed by atoms with Gasteiger partial charge in [0.25, 0.3) is 0 Å². The Labute approximate surface area is 136 Å². The standard InChI is InChI=1S/C14H19FN6O3/c1-14(23)9(15)7(5-22)24-12(14)21-6-17-8-10(20-3-2-4-20)18-13(16)19-11(8)21/h6-7,9,12,22-23H,2-5H2,1H3,(H2,16,18,19). The van der Waals surface area contributed by atoms with Crippen LogP contribution in [-0.4, -0.2) is 67.3 Å². The van der Waals surface area contributed by atoms with E-state index in [1.54, 1.807) is 0 Å². The molecule has 0 saturated carbocycles. The van der Waals surface area contributed by atoms with Crippen molar-refractivity contribution in [3.05, 3.63) is 6.33 Å². The molecule has 0 bridgehead atoms. The van der Waals surface area contributed by atoms with E-state index in [0.29, 0.717) is 17.0 Å². The van der Waals surface area contributed by atoms with Crippen molar-refractivity contribution >= 4 is 22.9 Å². The van der Waals surface area contributed by atoms with Crippen molar-refractivity contribution in [2.75, 3.05) is 30.3 Å². The number of aliphatic hydroxyl groups excluding tert-OH is 1. The average molecular weight is 338 g/mol. The fourth-order valence-corrected chi connectivity index (χ4v) is 3.21. The average Bonchev–Trinajstić information content (AvgIpc) is 2.98. The van der Waals surface area contributed by atoms with Crippen LogP contribution in [0.3, 0.4) is 0 Å². The third-order valence-electron chi connectivity index (χ3n) is 4.70. The maximum absolute atomic E-state index is 14.3. The van der Waals surface area contributed by atoms with Crippen molar-refractivity contribution in [2.24, 2.45) is 0 Å². The minimum atomic E-state index is -1.84. The van der Waals surface area contributed by atoms with Crippen LogP contribution in [0.15, 0.2) is 6.33 Å². The molecule has 2 aromatic rings. The predicted octanol–water partition coefficient (Wildman–Crippen LogP) is -0.403. The van der Waals surface area contributed by atoms with Gasteiger partial charge in [0.05, 0.1) is 12.9 Å². The van der Waals surface area contributed by atoms with Crippen LogP contribution in [0.4, 0.5) is 16.2 Å². The quantitative estimate of drug-likeness (QED) is 0.691. The summed E-state index contributed by atoms with van der Waals surface area (Å²) in [5, 5.41) is 19.8. The molecule has 4 unspecified atom stereocenters. The van der Waals surface area contributed by atoms with Crippen molar-refractivity contribution in [3.8, 4) is 0 Å². The molecule has 4 atom stereocenters. The number of aromatic nitrogens is 4. The molecule has 0 amide bonds. The summed E-state index contributed by atoms with van der Waals surface area (Å²) in [6, 6.07) is 0. The number of hydrogen-bond acceptors (Lipinski definition) is 8. The molecule has 0 aliphatic carbocycles. The predicted molar refractivity (Wildman–Crippen MR) is 83.1 cm³/mol. The molecule has 0 spiro atoms. The monoisotopic (exact) mass is 338 g/mol. The van der Waals surface area contributed by atoms with Gasteiger partial charge in [-0.2, -0.15) is 9.97 Å². The van der Waals surface area contributed by atoms with E-state index < -0.39 is 30.7 Å². The van der Waals surface area contributed by atoms with Crippen LogP contribution in [0.2, 0.25) is 0 Å². The van der Waals surface area contributed by atoms with E-state index in [9.17, 15) is 14.6 Å². The highest BCUT2D eigenvalue weighted by molar-refractivity contribution is 5.85. The molecule has 24 heavy (non-hydrogen) atoms. The van der Waals surface area contributed by atoms with Gasteiger partial charge in [-0.3, -0.25) is 4.57 Å². The van der Waals surface area contributed by atoms with Gasteiger partial charge >= 0.3 is 0 Å². The van der Waals surface area contributed by atoms with E-state index in [-0.39, 0.29) is 5.95 Å². The second kappa shape index (κ2) is 5.23. The van der Waals surface area contributed by atoms with E-state index in [0.717, 1.165) is 19.5 Å². The highest BCUT2D eigenvalue weighted by atomic mass is 19.1. The number of aliphatic hydroxyl groups is 2. The number of alkyl halides is 1. The van der Waals surface area contributed by atoms with Crippen LogP contribution in [0.5, 0.6) is 0 Å². The molecule has 4 N–H and O–H groups in total. The maximum atomic E-state index is 14.3. The fraction of sp³-hybridized carbons (Fsp3) is 0.643. The van der Waals surface area contributed by atoms with Crippen LogP contribution in [0.25, 0.3) is 11.2 Å². The molecular formula is C14H19FN6O3. The summed E-state index contributed by atoms with van der Waals surface area (Å²) >= 11 is 0. The Bertz CT molecular complexity index is 777. The van der Waals surface area contributed by atoms with Gasteiger partial charge < -0.3 is 25.6 Å². The lowest BCUT2D eigenvalue weighted by molar-refractivity contribution is -0.0892. The number of ether oxygens (including phenoxy) is 1. The lowest BCUT2D eigenvalue weighted by atomic mass is 9.98. The first-order valence-corrected chi connectivity index (χ1v) is 7.81. The van der Waals surface area contributed by atoms with Crippen LogP contribution in [0, 0.1) is 0 Å². The molecular weight excluding hydrogens is 319 g/mol. The van der Waals surface area contributed by atoms with E-state index >= 15 is 0 Å². The number of rotatable bonds is 3. The number of halogens is 1. The van der Waals surface area contributed by atoms with E-state index in [1.807, 2.05) is 4.90 Å². The van der Waals surface area contributed by atoms with Crippen LogP contribution in [0.1, 0.15) is 19.6 Å². The lowest BCUT2D eigenvalue weighted by Crippen LogP contribution is -2.41. The minimum Gasteiger partial charge on any atom is -0.394 e. The normalized spacial score (nSPS) is 33.2. The Morgan fingerprint density at radius 3 is 2.79 bits per heavy atom. The fourth-order valence-electron chi connectivity index (χ4n) is 3.21. The van der Waals surface area contributed by atoms with Crippen molar-refractivity contribution in [2.45, 2.75) is 37.4 Å². The molecule has 0 aromatic carbocycles. The van der Waals surface area contributed by atoms with Crippen molar-refractivity contribution in [1.29, 1.82) is 0 Å². The Hall–Kier alpha value is -2.04. The number of nitrogen functional groups attached to an aromatic ring is 1. The summed E-state index contributed by atoms with van der Waals surface area (Å²) in [5.41, 5.74) is 4.85. The molecule has 10 heteroatoms. The smallest absolute Gasteiger partial charge is 0.224 e. The molecule has 9 nitrogen and oxygen atoms in total. The van der Waals surface area contributed by atoms with Crippen LogP contribution in [-0.2, 0) is 4.74 Å².